The maximum absolute atomic E-state index is 9.61. The van der Waals surface area contributed by atoms with E-state index >= 15 is 0 Å². The first-order valence-electron chi connectivity index (χ1n) is 7.78. The van der Waals surface area contributed by atoms with E-state index in [1.54, 1.807) is 0 Å². The largest absolute Gasteiger partial charge is 0.489 e. The normalized spacial score (nSPS) is 13.6. The summed E-state index contributed by atoms with van der Waals surface area (Å²) in [5.41, 5.74) is 2.31. The Hall–Kier alpha value is -1.84. The van der Waals surface area contributed by atoms with Crippen molar-refractivity contribution in [2.45, 2.75) is 38.4 Å². The average molecular weight is 300 g/mol. The van der Waals surface area contributed by atoms with Crippen molar-refractivity contribution >= 4 is 0 Å². The number of benzene rings is 2. The van der Waals surface area contributed by atoms with Gasteiger partial charge in [0.1, 0.15) is 12.4 Å². The van der Waals surface area contributed by atoms with Crippen LogP contribution in [0.15, 0.2) is 54.6 Å². The molecular formula is C19H24O3. The van der Waals surface area contributed by atoms with Gasteiger partial charge in [-0.1, -0.05) is 49.4 Å². The highest BCUT2D eigenvalue weighted by Crippen LogP contribution is 2.26. The predicted molar refractivity (Wildman–Crippen MR) is 88.0 cm³/mol. The van der Waals surface area contributed by atoms with Crippen LogP contribution in [0.25, 0.3) is 0 Å². The summed E-state index contributed by atoms with van der Waals surface area (Å²) in [5.74, 6) is 1.09. The Labute approximate surface area is 132 Å². The zero-order valence-corrected chi connectivity index (χ0v) is 13.0. The first-order chi connectivity index (χ1) is 10.7. The van der Waals surface area contributed by atoms with Gasteiger partial charge in [-0.25, -0.2) is 0 Å². The molecule has 0 saturated heterocycles. The lowest BCUT2D eigenvalue weighted by molar-refractivity contribution is 0.0817. The highest BCUT2D eigenvalue weighted by atomic mass is 16.5. The molecule has 22 heavy (non-hydrogen) atoms. The smallest absolute Gasteiger partial charge is 0.119 e. The number of rotatable bonds is 8. The van der Waals surface area contributed by atoms with E-state index in [-0.39, 0.29) is 12.5 Å². The van der Waals surface area contributed by atoms with Crippen LogP contribution in [0.1, 0.15) is 36.8 Å². The molecule has 2 aromatic rings. The van der Waals surface area contributed by atoms with Gasteiger partial charge in [0.15, 0.2) is 0 Å². The van der Waals surface area contributed by atoms with Gasteiger partial charge in [-0.3, -0.25) is 0 Å². The van der Waals surface area contributed by atoms with Crippen molar-refractivity contribution in [3.63, 3.8) is 0 Å². The molecule has 0 heterocycles. The Morgan fingerprint density at radius 3 is 2.27 bits per heavy atom. The van der Waals surface area contributed by atoms with Gasteiger partial charge >= 0.3 is 0 Å². The maximum atomic E-state index is 9.61. The van der Waals surface area contributed by atoms with Crippen molar-refractivity contribution in [1.82, 2.24) is 0 Å². The van der Waals surface area contributed by atoms with Gasteiger partial charge in [-0.2, -0.15) is 0 Å². The summed E-state index contributed by atoms with van der Waals surface area (Å²) in [6, 6.07) is 18.1. The lowest BCUT2D eigenvalue weighted by Crippen LogP contribution is -2.16. The number of hydrogen-bond acceptors (Lipinski definition) is 3. The molecular weight excluding hydrogens is 276 g/mol. The van der Waals surface area contributed by atoms with E-state index in [2.05, 4.69) is 6.92 Å². The molecule has 118 valence electrons. The van der Waals surface area contributed by atoms with Crippen LogP contribution in [-0.4, -0.2) is 22.9 Å². The summed E-state index contributed by atoms with van der Waals surface area (Å²) >= 11 is 0. The molecule has 0 fully saturated rings. The van der Waals surface area contributed by atoms with Crippen molar-refractivity contribution in [1.29, 1.82) is 0 Å². The molecule has 2 N–H and O–H groups in total. The first kappa shape index (κ1) is 16.5. The topological polar surface area (TPSA) is 49.7 Å². The fraction of sp³-hybridized carbons (Fsp3) is 0.368. The molecule has 0 saturated carbocycles. The molecule has 0 aliphatic heterocycles. The fourth-order valence-corrected chi connectivity index (χ4v) is 2.52. The minimum absolute atomic E-state index is 0.186. The van der Waals surface area contributed by atoms with Crippen LogP contribution in [-0.2, 0) is 6.61 Å². The quantitative estimate of drug-likeness (QED) is 0.784. The second-order valence-corrected chi connectivity index (χ2v) is 5.52. The number of aliphatic hydroxyl groups excluding tert-OH is 2. The van der Waals surface area contributed by atoms with Crippen LogP contribution < -0.4 is 4.74 Å². The van der Waals surface area contributed by atoms with E-state index in [9.17, 15) is 5.11 Å². The first-order valence-corrected chi connectivity index (χ1v) is 7.78. The number of aliphatic hydroxyl groups is 2. The van der Waals surface area contributed by atoms with Crippen LogP contribution >= 0.6 is 0 Å². The summed E-state index contributed by atoms with van der Waals surface area (Å²) in [5, 5.41) is 18.6. The zero-order valence-electron chi connectivity index (χ0n) is 13.0. The minimum atomic E-state index is -0.654. The standard InChI is InChI=1S/C19H24O3/c1-2-16(12-18(21)13-20)17-8-10-19(11-9-17)22-14-15-6-4-3-5-7-15/h3-11,16,18,20-21H,2,12-14H2,1H3. The van der Waals surface area contributed by atoms with Gasteiger partial charge in [-0.05, 0) is 42.0 Å². The number of ether oxygens (including phenoxy) is 1. The monoisotopic (exact) mass is 300 g/mol. The SMILES string of the molecule is CCC(CC(O)CO)c1ccc(OCc2ccccc2)cc1. The molecule has 0 aliphatic carbocycles. The molecule has 0 aromatic heterocycles. The second-order valence-electron chi connectivity index (χ2n) is 5.52. The molecule has 0 radical (unpaired) electrons. The molecule has 3 nitrogen and oxygen atoms in total. The molecule has 2 atom stereocenters. The lowest BCUT2D eigenvalue weighted by Gasteiger charge is -2.18. The van der Waals surface area contributed by atoms with Crippen LogP contribution in [0.5, 0.6) is 5.75 Å². The molecule has 3 heteroatoms. The average Bonchev–Trinajstić information content (AvgIpc) is 2.59. The summed E-state index contributed by atoms with van der Waals surface area (Å²) in [6.07, 6.45) is 0.859. The van der Waals surface area contributed by atoms with E-state index in [1.807, 2.05) is 54.6 Å². The van der Waals surface area contributed by atoms with E-state index in [4.69, 9.17) is 9.84 Å². The summed E-state index contributed by atoms with van der Waals surface area (Å²) in [6.45, 7) is 2.46. The second kappa shape index (κ2) is 8.57. The third kappa shape index (κ3) is 4.86. The third-order valence-corrected chi connectivity index (χ3v) is 3.86. The highest BCUT2D eigenvalue weighted by Gasteiger charge is 2.14. The van der Waals surface area contributed by atoms with Crippen molar-refractivity contribution in [2.75, 3.05) is 6.61 Å². The Morgan fingerprint density at radius 2 is 1.68 bits per heavy atom. The van der Waals surface area contributed by atoms with Crippen molar-refractivity contribution in [2.24, 2.45) is 0 Å². The van der Waals surface area contributed by atoms with E-state index in [0.717, 1.165) is 17.7 Å². The Bertz CT molecular complexity index is 536. The molecule has 2 aromatic carbocycles. The van der Waals surface area contributed by atoms with Gasteiger partial charge in [-0.15, -0.1) is 0 Å². The molecule has 2 unspecified atom stereocenters. The van der Waals surface area contributed by atoms with E-state index in [0.29, 0.717) is 13.0 Å². The minimum Gasteiger partial charge on any atom is -0.489 e. The zero-order chi connectivity index (χ0) is 15.8. The molecule has 0 bridgehead atoms. The molecule has 0 aliphatic rings. The van der Waals surface area contributed by atoms with E-state index < -0.39 is 6.10 Å². The maximum Gasteiger partial charge on any atom is 0.119 e. The lowest BCUT2D eigenvalue weighted by atomic mass is 9.91. The molecule has 0 spiro atoms. The Balaban J connectivity index is 1.94. The van der Waals surface area contributed by atoms with Gasteiger partial charge in [0.2, 0.25) is 0 Å². The van der Waals surface area contributed by atoms with Gasteiger partial charge in [0.05, 0.1) is 12.7 Å². The number of hydrogen-bond donors (Lipinski definition) is 2. The van der Waals surface area contributed by atoms with Crippen molar-refractivity contribution < 1.29 is 14.9 Å². The van der Waals surface area contributed by atoms with Crippen LogP contribution in [0.3, 0.4) is 0 Å². The van der Waals surface area contributed by atoms with Crippen LogP contribution in [0, 0.1) is 0 Å². The van der Waals surface area contributed by atoms with Crippen LogP contribution in [0.4, 0.5) is 0 Å². The van der Waals surface area contributed by atoms with Crippen LogP contribution in [0.2, 0.25) is 0 Å². The highest BCUT2D eigenvalue weighted by molar-refractivity contribution is 5.30. The molecule has 2 rings (SSSR count). The predicted octanol–water partition coefficient (Wildman–Crippen LogP) is 3.50. The van der Waals surface area contributed by atoms with Crippen molar-refractivity contribution in [3.8, 4) is 5.75 Å². The third-order valence-electron chi connectivity index (χ3n) is 3.86. The Kier molecular flexibility index (Phi) is 6.44. The Morgan fingerprint density at radius 1 is 1.00 bits per heavy atom. The van der Waals surface area contributed by atoms with Gasteiger partial charge in [0, 0.05) is 0 Å². The van der Waals surface area contributed by atoms with Crippen molar-refractivity contribution in [3.05, 3.63) is 65.7 Å². The summed E-state index contributed by atoms with van der Waals surface area (Å²) in [4.78, 5) is 0. The summed E-state index contributed by atoms with van der Waals surface area (Å²) < 4.78 is 5.77. The van der Waals surface area contributed by atoms with Gasteiger partial charge < -0.3 is 14.9 Å². The molecule has 0 amide bonds. The van der Waals surface area contributed by atoms with E-state index in [1.165, 1.54) is 5.56 Å². The van der Waals surface area contributed by atoms with Gasteiger partial charge in [0.25, 0.3) is 0 Å². The fourth-order valence-electron chi connectivity index (χ4n) is 2.52. The summed E-state index contributed by atoms with van der Waals surface area (Å²) in [7, 11) is 0.